The van der Waals surface area contributed by atoms with Crippen molar-refractivity contribution >= 4 is 29.1 Å². The van der Waals surface area contributed by atoms with E-state index in [0.717, 1.165) is 5.69 Å². The molecule has 2 aromatic rings. The number of halogens is 1. The van der Waals surface area contributed by atoms with Crippen LogP contribution in [0.4, 0.5) is 5.69 Å². The Morgan fingerprint density at radius 2 is 2.10 bits per heavy atom. The Bertz CT molecular complexity index is 662. The quantitative estimate of drug-likeness (QED) is 0.903. The first-order valence-corrected chi connectivity index (χ1v) is 6.68. The summed E-state index contributed by atoms with van der Waals surface area (Å²) in [5.74, 6) is -0.724. The van der Waals surface area contributed by atoms with Crippen LogP contribution in [0, 0.1) is 6.92 Å². The van der Waals surface area contributed by atoms with Crippen LogP contribution in [0.3, 0.4) is 0 Å². The number of hydrogen-bond acceptors (Lipinski definition) is 3. The summed E-state index contributed by atoms with van der Waals surface area (Å²) in [4.78, 5) is 23.6. The monoisotopic (exact) mass is 306 g/mol. The van der Waals surface area contributed by atoms with Gasteiger partial charge in [0.2, 0.25) is 5.91 Å². The molecule has 2 rings (SSSR count). The summed E-state index contributed by atoms with van der Waals surface area (Å²) < 4.78 is 1.60. The molecule has 2 amide bonds. The zero-order valence-corrected chi connectivity index (χ0v) is 12.4. The van der Waals surface area contributed by atoms with Gasteiger partial charge in [-0.1, -0.05) is 17.7 Å². The van der Waals surface area contributed by atoms with Gasteiger partial charge in [-0.15, -0.1) is 0 Å². The van der Waals surface area contributed by atoms with Gasteiger partial charge in [-0.2, -0.15) is 5.10 Å². The van der Waals surface area contributed by atoms with Crippen LogP contribution in [-0.2, 0) is 11.8 Å². The molecule has 6 nitrogen and oxygen atoms in total. The van der Waals surface area contributed by atoms with Crippen LogP contribution in [0.1, 0.15) is 16.2 Å². The Kier molecular flexibility index (Phi) is 4.59. The average Bonchev–Trinajstić information content (AvgIpc) is 2.76. The first-order chi connectivity index (χ1) is 9.95. The topological polar surface area (TPSA) is 76.0 Å². The zero-order valence-electron chi connectivity index (χ0n) is 11.7. The standard InChI is InChI=1S/C14H15ClN4O2/c1-9-6-12(18-19(9)2)14(21)16-8-13(20)17-11-5-3-4-10(15)7-11/h3-7H,8H2,1-2H3,(H,16,21)(H,17,20). The van der Waals surface area contributed by atoms with E-state index in [2.05, 4.69) is 15.7 Å². The fraction of sp³-hybridized carbons (Fsp3) is 0.214. The van der Waals surface area contributed by atoms with Gasteiger partial charge in [0.05, 0.1) is 6.54 Å². The van der Waals surface area contributed by atoms with Crippen molar-refractivity contribution in [1.82, 2.24) is 15.1 Å². The van der Waals surface area contributed by atoms with Crippen molar-refractivity contribution in [2.45, 2.75) is 6.92 Å². The Morgan fingerprint density at radius 1 is 1.33 bits per heavy atom. The Balaban J connectivity index is 1.88. The molecule has 0 bridgehead atoms. The smallest absolute Gasteiger partial charge is 0.272 e. The second-order valence-corrected chi connectivity index (χ2v) is 4.97. The zero-order chi connectivity index (χ0) is 15.4. The summed E-state index contributed by atoms with van der Waals surface area (Å²) in [6.07, 6.45) is 0. The molecule has 1 aromatic carbocycles. The summed E-state index contributed by atoms with van der Waals surface area (Å²) in [5, 5.41) is 9.72. The molecule has 110 valence electrons. The van der Waals surface area contributed by atoms with Gasteiger partial charge < -0.3 is 10.6 Å². The molecule has 0 spiro atoms. The number of aromatic nitrogens is 2. The molecule has 0 fully saturated rings. The van der Waals surface area contributed by atoms with E-state index in [1.807, 2.05) is 6.92 Å². The summed E-state index contributed by atoms with van der Waals surface area (Å²) in [6, 6.07) is 8.44. The van der Waals surface area contributed by atoms with E-state index < -0.39 is 0 Å². The van der Waals surface area contributed by atoms with E-state index in [1.165, 1.54) is 0 Å². The van der Waals surface area contributed by atoms with Gasteiger partial charge in [-0.05, 0) is 31.2 Å². The molecule has 0 radical (unpaired) electrons. The maximum atomic E-state index is 11.8. The molecule has 0 aliphatic rings. The van der Waals surface area contributed by atoms with Crippen LogP contribution in [0.5, 0.6) is 0 Å². The first kappa shape index (κ1) is 15.1. The van der Waals surface area contributed by atoms with Crippen molar-refractivity contribution in [3.05, 3.63) is 46.7 Å². The number of anilines is 1. The fourth-order valence-electron chi connectivity index (χ4n) is 1.69. The Morgan fingerprint density at radius 3 is 2.71 bits per heavy atom. The number of benzene rings is 1. The molecule has 0 saturated heterocycles. The van der Waals surface area contributed by atoms with Gasteiger partial charge in [0, 0.05) is 23.5 Å². The van der Waals surface area contributed by atoms with Crippen molar-refractivity contribution in [3.8, 4) is 0 Å². The van der Waals surface area contributed by atoms with Gasteiger partial charge in [0.25, 0.3) is 5.91 Å². The third kappa shape index (κ3) is 4.06. The number of carbonyl (C=O) groups is 2. The second-order valence-electron chi connectivity index (χ2n) is 4.54. The number of amides is 2. The normalized spacial score (nSPS) is 10.2. The lowest BCUT2D eigenvalue weighted by molar-refractivity contribution is -0.115. The van der Waals surface area contributed by atoms with Gasteiger partial charge in [0.1, 0.15) is 5.69 Å². The van der Waals surface area contributed by atoms with Crippen LogP contribution in [0.25, 0.3) is 0 Å². The largest absolute Gasteiger partial charge is 0.342 e. The van der Waals surface area contributed by atoms with Gasteiger partial charge in [-0.25, -0.2) is 0 Å². The number of carbonyl (C=O) groups excluding carboxylic acids is 2. The van der Waals surface area contributed by atoms with Crippen LogP contribution < -0.4 is 10.6 Å². The van der Waals surface area contributed by atoms with E-state index >= 15 is 0 Å². The van der Waals surface area contributed by atoms with Gasteiger partial charge in [0.15, 0.2) is 0 Å². The average molecular weight is 307 g/mol. The number of nitrogens with zero attached hydrogens (tertiary/aromatic N) is 2. The van der Waals surface area contributed by atoms with E-state index in [1.54, 1.807) is 42.1 Å². The van der Waals surface area contributed by atoms with Crippen LogP contribution >= 0.6 is 11.6 Å². The maximum absolute atomic E-state index is 11.8. The highest BCUT2D eigenvalue weighted by Gasteiger charge is 2.12. The minimum absolute atomic E-state index is 0.138. The third-order valence-corrected chi connectivity index (χ3v) is 3.10. The Hall–Kier alpha value is -2.34. The van der Waals surface area contributed by atoms with E-state index in [4.69, 9.17) is 11.6 Å². The number of aryl methyl sites for hydroxylation is 2. The van der Waals surface area contributed by atoms with Gasteiger partial charge >= 0.3 is 0 Å². The van der Waals surface area contributed by atoms with E-state index in [0.29, 0.717) is 10.7 Å². The number of rotatable bonds is 4. The van der Waals surface area contributed by atoms with Crippen LogP contribution in [0.15, 0.2) is 30.3 Å². The maximum Gasteiger partial charge on any atom is 0.272 e. The van der Waals surface area contributed by atoms with Crippen molar-refractivity contribution in [1.29, 1.82) is 0 Å². The van der Waals surface area contributed by atoms with Crippen LogP contribution in [0.2, 0.25) is 5.02 Å². The predicted molar refractivity (Wildman–Crippen MR) is 80.4 cm³/mol. The van der Waals surface area contributed by atoms with Crippen molar-refractivity contribution in [3.63, 3.8) is 0 Å². The molecule has 0 aliphatic heterocycles. The molecule has 7 heteroatoms. The van der Waals surface area contributed by atoms with E-state index in [-0.39, 0.29) is 24.1 Å². The minimum Gasteiger partial charge on any atom is -0.342 e. The van der Waals surface area contributed by atoms with Crippen LogP contribution in [-0.4, -0.2) is 28.1 Å². The molecular formula is C14H15ClN4O2. The SMILES string of the molecule is Cc1cc(C(=O)NCC(=O)Nc2cccc(Cl)c2)nn1C. The molecular weight excluding hydrogens is 292 g/mol. The molecule has 1 heterocycles. The molecule has 0 unspecified atom stereocenters. The Labute approximate surface area is 127 Å². The molecule has 1 aromatic heterocycles. The predicted octanol–water partition coefficient (Wildman–Crippen LogP) is 1.75. The molecule has 0 aliphatic carbocycles. The lowest BCUT2D eigenvalue weighted by Gasteiger charge is -2.06. The fourth-order valence-corrected chi connectivity index (χ4v) is 1.88. The van der Waals surface area contributed by atoms with Crippen molar-refractivity contribution in [2.75, 3.05) is 11.9 Å². The highest BCUT2D eigenvalue weighted by atomic mass is 35.5. The summed E-state index contributed by atoms with van der Waals surface area (Å²) in [7, 11) is 1.75. The summed E-state index contributed by atoms with van der Waals surface area (Å²) in [6.45, 7) is 1.70. The summed E-state index contributed by atoms with van der Waals surface area (Å²) >= 11 is 5.82. The highest BCUT2D eigenvalue weighted by molar-refractivity contribution is 6.30. The molecule has 0 saturated carbocycles. The van der Waals surface area contributed by atoms with Crippen molar-refractivity contribution in [2.24, 2.45) is 7.05 Å². The van der Waals surface area contributed by atoms with Gasteiger partial charge in [-0.3, -0.25) is 14.3 Å². The number of hydrogen-bond donors (Lipinski definition) is 2. The van der Waals surface area contributed by atoms with E-state index in [9.17, 15) is 9.59 Å². The highest BCUT2D eigenvalue weighted by Crippen LogP contribution is 2.14. The molecule has 21 heavy (non-hydrogen) atoms. The second kappa shape index (κ2) is 6.41. The van der Waals surface area contributed by atoms with Crippen molar-refractivity contribution < 1.29 is 9.59 Å². The number of nitrogens with one attached hydrogen (secondary N) is 2. The lowest BCUT2D eigenvalue weighted by Crippen LogP contribution is -2.33. The summed E-state index contributed by atoms with van der Waals surface area (Å²) in [5.41, 5.74) is 1.73. The molecule has 0 atom stereocenters. The minimum atomic E-state index is -0.389. The lowest BCUT2D eigenvalue weighted by atomic mass is 10.3. The third-order valence-electron chi connectivity index (χ3n) is 2.86. The molecule has 2 N–H and O–H groups in total. The first-order valence-electron chi connectivity index (χ1n) is 6.30.